The van der Waals surface area contributed by atoms with Gasteiger partial charge in [0.1, 0.15) is 5.01 Å². The Bertz CT molecular complexity index is 1150. The third-order valence-corrected chi connectivity index (χ3v) is 6.08. The molecule has 1 atom stereocenters. The lowest BCUT2D eigenvalue weighted by atomic mass is 10.1. The molecule has 5 rings (SSSR count). The number of nitrogens with one attached hydrogen (secondary N) is 1. The van der Waals surface area contributed by atoms with Crippen molar-refractivity contribution in [3.8, 4) is 11.5 Å². The highest BCUT2D eigenvalue weighted by Gasteiger charge is 2.34. The molecule has 3 heterocycles. The van der Waals surface area contributed by atoms with Crippen molar-refractivity contribution in [2.24, 2.45) is 0 Å². The molecule has 3 aromatic rings. The number of amides is 2. The Morgan fingerprint density at radius 3 is 2.90 bits per heavy atom. The van der Waals surface area contributed by atoms with Gasteiger partial charge >= 0.3 is 0 Å². The molecule has 2 aromatic carbocycles. The molecule has 2 amide bonds. The number of nitrogens with zero attached hydrogens (tertiary/aromatic N) is 3. The second kappa shape index (κ2) is 7.42. The van der Waals surface area contributed by atoms with E-state index in [9.17, 15) is 9.59 Å². The summed E-state index contributed by atoms with van der Waals surface area (Å²) in [6.07, 6.45) is 0.374. The zero-order chi connectivity index (χ0) is 20.7. The first-order chi connectivity index (χ1) is 14.6. The number of rotatable bonds is 4. The van der Waals surface area contributed by atoms with E-state index in [1.165, 1.54) is 11.3 Å². The molecule has 0 aliphatic carbocycles. The van der Waals surface area contributed by atoms with Crippen LogP contribution in [0.15, 0.2) is 42.5 Å². The summed E-state index contributed by atoms with van der Waals surface area (Å²) in [4.78, 5) is 26.8. The monoisotopic (exact) mass is 422 g/mol. The van der Waals surface area contributed by atoms with Crippen LogP contribution in [0, 0.1) is 6.92 Å². The zero-order valence-electron chi connectivity index (χ0n) is 16.1. The number of aryl methyl sites for hydroxylation is 1. The second-order valence-corrected chi connectivity index (χ2v) is 8.22. The molecule has 8 nitrogen and oxygen atoms in total. The molecule has 0 spiro atoms. The van der Waals surface area contributed by atoms with E-state index < -0.39 is 0 Å². The Morgan fingerprint density at radius 1 is 1.17 bits per heavy atom. The van der Waals surface area contributed by atoms with Crippen LogP contribution in [0.3, 0.4) is 0 Å². The molecule has 0 radical (unpaired) electrons. The van der Waals surface area contributed by atoms with Crippen molar-refractivity contribution >= 4 is 34.0 Å². The van der Waals surface area contributed by atoms with Crippen molar-refractivity contribution in [1.82, 2.24) is 10.2 Å². The van der Waals surface area contributed by atoms with Crippen LogP contribution in [-0.2, 0) is 4.79 Å². The summed E-state index contributed by atoms with van der Waals surface area (Å²) in [6.45, 7) is 2.70. The van der Waals surface area contributed by atoms with Gasteiger partial charge in [-0.2, -0.15) is 0 Å². The molecule has 1 unspecified atom stereocenters. The van der Waals surface area contributed by atoms with E-state index in [2.05, 4.69) is 15.5 Å². The summed E-state index contributed by atoms with van der Waals surface area (Å²) in [7, 11) is 0. The lowest BCUT2D eigenvalue weighted by Crippen LogP contribution is -2.24. The smallest absolute Gasteiger partial charge is 0.257 e. The summed E-state index contributed by atoms with van der Waals surface area (Å²) in [5.74, 6) is 0.869. The number of anilines is 2. The molecule has 1 saturated heterocycles. The van der Waals surface area contributed by atoms with Crippen molar-refractivity contribution in [1.29, 1.82) is 0 Å². The molecule has 2 aliphatic rings. The van der Waals surface area contributed by atoms with Gasteiger partial charge in [0.25, 0.3) is 5.91 Å². The lowest BCUT2D eigenvalue weighted by Gasteiger charge is -2.16. The first kappa shape index (κ1) is 18.6. The molecule has 9 heteroatoms. The maximum absolute atomic E-state index is 12.5. The number of carbonyl (C=O) groups is 2. The molecule has 30 heavy (non-hydrogen) atoms. The van der Waals surface area contributed by atoms with Gasteiger partial charge in [-0.1, -0.05) is 23.5 Å². The number of hydrogen-bond donors (Lipinski definition) is 1. The van der Waals surface area contributed by atoms with Gasteiger partial charge in [-0.05, 0) is 42.8 Å². The summed E-state index contributed by atoms with van der Waals surface area (Å²) < 4.78 is 10.6. The normalized spacial score (nSPS) is 17.4. The average Bonchev–Trinajstić information content (AvgIpc) is 3.46. The molecule has 0 bridgehead atoms. The van der Waals surface area contributed by atoms with Gasteiger partial charge in [-0.3, -0.25) is 14.9 Å². The fourth-order valence-corrected chi connectivity index (χ4v) is 4.41. The molecule has 1 N–H and O–H groups in total. The summed E-state index contributed by atoms with van der Waals surface area (Å²) >= 11 is 1.29. The number of hydrogen-bond acceptors (Lipinski definition) is 7. The number of fused-ring (bicyclic) bond motifs is 1. The highest BCUT2D eigenvalue weighted by molar-refractivity contribution is 7.15. The maximum atomic E-state index is 12.5. The predicted octanol–water partition coefficient (Wildman–Crippen LogP) is 3.35. The Morgan fingerprint density at radius 2 is 2.03 bits per heavy atom. The number of aromatic nitrogens is 2. The second-order valence-electron chi connectivity index (χ2n) is 7.21. The van der Waals surface area contributed by atoms with Crippen LogP contribution in [0.4, 0.5) is 10.8 Å². The van der Waals surface area contributed by atoms with Gasteiger partial charge in [0.15, 0.2) is 11.5 Å². The van der Waals surface area contributed by atoms with Gasteiger partial charge < -0.3 is 14.4 Å². The Labute approximate surface area is 176 Å². The molecule has 2 aliphatic heterocycles. The van der Waals surface area contributed by atoms with Crippen molar-refractivity contribution in [2.75, 3.05) is 23.6 Å². The Balaban J connectivity index is 1.28. The molecule has 1 aromatic heterocycles. The molecule has 152 valence electrons. The largest absolute Gasteiger partial charge is 0.454 e. The van der Waals surface area contributed by atoms with E-state index in [-0.39, 0.29) is 24.5 Å². The van der Waals surface area contributed by atoms with Gasteiger partial charge in [0.2, 0.25) is 17.8 Å². The van der Waals surface area contributed by atoms with E-state index in [0.717, 1.165) is 16.3 Å². The number of ether oxygens (including phenoxy) is 2. The third-order valence-electron chi connectivity index (χ3n) is 5.08. The van der Waals surface area contributed by atoms with E-state index in [1.54, 1.807) is 23.1 Å². The molecule has 0 saturated carbocycles. The first-order valence-corrected chi connectivity index (χ1v) is 10.3. The summed E-state index contributed by atoms with van der Waals surface area (Å²) in [6, 6.07) is 12.9. The van der Waals surface area contributed by atoms with Crippen LogP contribution >= 0.6 is 11.3 Å². The SMILES string of the molecule is Cc1cccc(N2CC(c3nnc(NC(=O)c4ccc5c(c4)OCO5)s3)CC2=O)c1. The lowest BCUT2D eigenvalue weighted by molar-refractivity contribution is -0.117. The standard InChI is InChI=1S/C21H18N4O4S/c1-12-3-2-4-15(7-12)25-10-14(9-18(25)26)20-23-24-21(30-20)22-19(27)13-5-6-16-17(8-13)29-11-28-16/h2-8,14H,9-11H2,1H3,(H,22,24,27). The van der Waals surface area contributed by atoms with Crippen molar-refractivity contribution in [3.63, 3.8) is 0 Å². The fourth-order valence-electron chi connectivity index (χ4n) is 3.58. The van der Waals surface area contributed by atoms with Gasteiger partial charge in [0.05, 0.1) is 0 Å². The van der Waals surface area contributed by atoms with Crippen molar-refractivity contribution in [2.45, 2.75) is 19.3 Å². The van der Waals surface area contributed by atoms with Crippen LogP contribution in [0.2, 0.25) is 0 Å². The van der Waals surface area contributed by atoms with Crippen LogP contribution in [-0.4, -0.2) is 35.3 Å². The van der Waals surface area contributed by atoms with Crippen LogP contribution in [0.25, 0.3) is 0 Å². The minimum absolute atomic E-state index is 0.0493. The van der Waals surface area contributed by atoms with E-state index in [4.69, 9.17) is 9.47 Å². The Hall–Kier alpha value is -3.46. The average molecular weight is 422 g/mol. The zero-order valence-corrected chi connectivity index (χ0v) is 16.9. The summed E-state index contributed by atoms with van der Waals surface area (Å²) in [5, 5.41) is 12.2. The first-order valence-electron chi connectivity index (χ1n) is 9.48. The quantitative estimate of drug-likeness (QED) is 0.693. The molecular weight excluding hydrogens is 404 g/mol. The van der Waals surface area contributed by atoms with E-state index in [0.29, 0.717) is 35.2 Å². The topological polar surface area (TPSA) is 93.7 Å². The minimum atomic E-state index is -0.306. The van der Waals surface area contributed by atoms with Gasteiger partial charge in [-0.25, -0.2) is 0 Å². The highest BCUT2D eigenvalue weighted by atomic mass is 32.1. The van der Waals surface area contributed by atoms with Crippen LogP contribution in [0.5, 0.6) is 11.5 Å². The molecular formula is C21H18N4O4S. The summed E-state index contributed by atoms with van der Waals surface area (Å²) in [5.41, 5.74) is 2.44. The maximum Gasteiger partial charge on any atom is 0.257 e. The third kappa shape index (κ3) is 3.48. The van der Waals surface area contributed by atoms with Gasteiger partial charge in [-0.15, -0.1) is 10.2 Å². The fraction of sp³-hybridized carbons (Fsp3) is 0.238. The van der Waals surface area contributed by atoms with Crippen molar-refractivity contribution < 1.29 is 19.1 Å². The van der Waals surface area contributed by atoms with Crippen LogP contribution in [0.1, 0.15) is 33.3 Å². The van der Waals surface area contributed by atoms with E-state index in [1.807, 2.05) is 31.2 Å². The minimum Gasteiger partial charge on any atom is -0.454 e. The highest BCUT2D eigenvalue weighted by Crippen LogP contribution is 2.35. The van der Waals surface area contributed by atoms with Crippen LogP contribution < -0.4 is 19.7 Å². The number of carbonyl (C=O) groups excluding carboxylic acids is 2. The van der Waals surface area contributed by atoms with E-state index >= 15 is 0 Å². The predicted molar refractivity (Wildman–Crippen MR) is 111 cm³/mol. The number of benzene rings is 2. The Kier molecular flexibility index (Phi) is 4.59. The molecule has 1 fully saturated rings. The van der Waals surface area contributed by atoms with Crippen molar-refractivity contribution in [3.05, 3.63) is 58.6 Å². The van der Waals surface area contributed by atoms with Gasteiger partial charge in [0, 0.05) is 30.1 Å².